The van der Waals surface area contributed by atoms with Gasteiger partial charge in [0.15, 0.2) is 0 Å². The molecular formula is C11H22N2O. The van der Waals surface area contributed by atoms with Crippen LogP contribution in [0.3, 0.4) is 0 Å². The molecule has 3 atom stereocenters. The van der Waals surface area contributed by atoms with E-state index >= 15 is 0 Å². The lowest BCUT2D eigenvalue weighted by Gasteiger charge is -2.35. The topological polar surface area (TPSA) is 38.5 Å². The van der Waals surface area contributed by atoms with Crippen molar-refractivity contribution in [2.75, 3.05) is 26.3 Å². The highest BCUT2D eigenvalue weighted by atomic mass is 16.5. The van der Waals surface area contributed by atoms with Crippen molar-refractivity contribution in [3.05, 3.63) is 0 Å². The lowest BCUT2D eigenvalue weighted by atomic mass is 10.0. The minimum absolute atomic E-state index is 0.659. The van der Waals surface area contributed by atoms with Crippen LogP contribution in [-0.4, -0.2) is 43.3 Å². The summed E-state index contributed by atoms with van der Waals surface area (Å²) < 4.78 is 5.54. The predicted molar refractivity (Wildman–Crippen MR) is 57.2 cm³/mol. The Morgan fingerprint density at radius 3 is 2.86 bits per heavy atom. The summed E-state index contributed by atoms with van der Waals surface area (Å²) in [7, 11) is 0. The molecule has 2 saturated heterocycles. The normalized spacial score (nSPS) is 40.3. The van der Waals surface area contributed by atoms with Gasteiger partial charge in [0, 0.05) is 18.7 Å². The summed E-state index contributed by atoms with van der Waals surface area (Å²) in [5, 5.41) is 0. The van der Waals surface area contributed by atoms with E-state index in [4.69, 9.17) is 10.5 Å². The number of nitrogens with two attached hydrogens (primary N) is 1. The average molecular weight is 198 g/mol. The average Bonchev–Trinajstić information content (AvgIpc) is 2.61. The first-order chi connectivity index (χ1) is 6.83. The largest absolute Gasteiger partial charge is 0.380 e. The molecule has 2 aliphatic heterocycles. The second-order valence-electron chi connectivity index (χ2n) is 4.63. The number of hydrogen-bond donors (Lipinski definition) is 1. The lowest BCUT2D eigenvalue weighted by molar-refractivity contribution is 0.0124. The van der Waals surface area contributed by atoms with Gasteiger partial charge in [0.05, 0.1) is 6.61 Å². The molecule has 0 aromatic heterocycles. The Morgan fingerprint density at radius 1 is 1.43 bits per heavy atom. The second kappa shape index (κ2) is 4.60. The molecule has 0 aromatic rings. The summed E-state index contributed by atoms with van der Waals surface area (Å²) in [6.07, 6.45) is 3.80. The van der Waals surface area contributed by atoms with Crippen molar-refractivity contribution in [2.45, 2.75) is 38.3 Å². The molecule has 2 fully saturated rings. The summed E-state index contributed by atoms with van der Waals surface area (Å²) in [5.74, 6) is 0.705. The van der Waals surface area contributed by atoms with E-state index in [0.717, 1.165) is 19.8 Å². The fourth-order valence-electron chi connectivity index (χ4n) is 2.85. The van der Waals surface area contributed by atoms with Crippen molar-refractivity contribution >= 4 is 0 Å². The van der Waals surface area contributed by atoms with Crippen molar-refractivity contribution in [3.63, 3.8) is 0 Å². The summed E-state index contributed by atoms with van der Waals surface area (Å²) >= 11 is 0. The molecule has 14 heavy (non-hydrogen) atoms. The third-order valence-corrected chi connectivity index (χ3v) is 3.87. The van der Waals surface area contributed by atoms with Crippen LogP contribution in [0.2, 0.25) is 0 Å². The number of nitrogens with zero attached hydrogens (tertiary/aromatic N) is 1. The van der Waals surface area contributed by atoms with Crippen molar-refractivity contribution in [3.8, 4) is 0 Å². The molecule has 0 aromatic carbocycles. The summed E-state index contributed by atoms with van der Waals surface area (Å²) in [5.41, 5.74) is 5.76. The van der Waals surface area contributed by atoms with E-state index in [1.54, 1.807) is 0 Å². The maximum atomic E-state index is 5.76. The third kappa shape index (κ3) is 1.95. The molecule has 0 radical (unpaired) electrons. The summed E-state index contributed by atoms with van der Waals surface area (Å²) in [6.45, 7) is 6.27. The quantitative estimate of drug-likeness (QED) is 0.714. The zero-order valence-corrected chi connectivity index (χ0v) is 9.11. The molecule has 0 bridgehead atoms. The minimum Gasteiger partial charge on any atom is -0.380 e. The van der Waals surface area contributed by atoms with Crippen molar-refractivity contribution in [2.24, 2.45) is 11.7 Å². The van der Waals surface area contributed by atoms with Crippen LogP contribution < -0.4 is 5.73 Å². The van der Waals surface area contributed by atoms with Gasteiger partial charge >= 0.3 is 0 Å². The molecule has 0 spiro atoms. The Hall–Kier alpha value is -0.120. The zero-order chi connectivity index (χ0) is 9.97. The van der Waals surface area contributed by atoms with E-state index in [1.165, 1.54) is 25.8 Å². The number of rotatable bonds is 2. The Bertz CT molecular complexity index is 180. The van der Waals surface area contributed by atoms with Crippen molar-refractivity contribution in [1.82, 2.24) is 4.90 Å². The number of ether oxygens (including phenoxy) is 1. The highest BCUT2D eigenvalue weighted by Crippen LogP contribution is 2.28. The fraction of sp³-hybridized carbons (Fsp3) is 1.00. The molecule has 0 amide bonds. The van der Waals surface area contributed by atoms with Crippen LogP contribution in [0, 0.1) is 5.92 Å². The summed E-state index contributed by atoms with van der Waals surface area (Å²) in [6, 6.07) is 1.32. The number of hydrogen-bond acceptors (Lipinski definition) is 3. The molecule has 82 valence electrons. The van der Waals surface area contributed by atoms with Crippen LogP contribution in [0.15, 0.2) is 0 Å². The first kappa shape index (κ1) is 10.4. The lowest BCUT2D eigenvalue weighted by Crippen LogP contribution is -2.44. The van der Waals surface area contributed by atoms with Gasteiger partial charge in [-0.25, -0.2) is 0 Å². The molecule has 0 aliphatic carbocycles. The third-order valence-electron chi connectivity index (χ3n) is 3.87. The van der Waals surface area contributed by atoms with Gasteiger partial charge in [0.2, 0.25) is 0 Å². The highest BCUT2D eigenvalue weighted by Gasteiger charge is 2.34. The Kier molecular flexibility index (Phi) is 3.42. The minimum atomic E-state index is 0.659. The smallest absolute Gasteiger partial charge is 0.0621 e. The highest BCUT2D eigenvalue weighted by molar-refractivity contribution is 4.89. The van der Waals surface area contributed by atoms with E-state index in [2.05, 4.69) is 11.8 Å². The van der Waals surface area contributed by atoms with E-state index in [1.807, 2.05) is 0 Å². The molecule has 3 nitrogen and oxygen atoms in total. The van der Waals surface area contributed by atoms with Crippen LogP contribution in [-0.2, 0) is 4.74 Å². The van der Waals surface area contributed by atoms with E-state index in [-0.39, 0.29) is 0 Å². The van der Waals surface area contributed by atoms with Gasteiger partial charge in [0.1, 0.15) is 0 Å². The van der Waals surface area contributed by atoms with Gasteiger partial charge < -0.3 is 10.5 Å². The Labute approximate surface area is 86.6 Å². The van der Waals surface area contributed by atoms with Crippen molar-refractivity contribution in [1.29, 1.82) is 0 Å². The van der Waals surface area contributed by atoms with Gasteiger partial charge in [-0.05, 0) is 45.2 Å². The van der Waals surface area contributed by atoms with Gasteiger partial charge in [-0.15, -0.1) is 0 Å². The monoisotopic (exact) mass is 198 g/mol. The van der Waals surface area contributed by atoms with Crippen LogP contribution >= 0.6 is 0 Å². The van der Waals surface area contributed by atoms with Crippen LogP contribution in [0.1, 0.15) is 26.2 Å². The number of likely N-dealkylation sites (tertiary alicyclic amines) is 1. The Morgan fingerprint density at radius 2 is 2.29 bits per heavy atom. The maximum absolute atomic E-state index is 5.76. The zero-order valence-electron chi connectivity index (χ0n) is 9.11. The second-order valence-corrected chi connectivity index (χ2v) is 4.63. The first-order valence-corrected chi connectivity index (χ1v) is 5.86. The van der Waals surface area contributed by atoms with Gasteiger partial charge in [-0.1, -0.05) is 0 Å². The van der Waals surface area contributed by atoms with Crippen molar-refractivity contribution < 1.29 is 4.74 Å². The Balaban J connectivity index is 1.91. The van der Waals surface area contributed by atoms with E-state index in [0.29, 0.717) is 18.0 Å². The molecule has 0 saturated carbocycles. The predicted octanol–water partition coefficient (Wildman–Crippen LogP) is 0.834. The standard InChI is InChI=1S/C11H22N2O/c1-9-10(7-12)4-5-13(9)11-3-2-6-14-8-11/h9-11H,2-8,12H2,1H3. The van der Waals surface area contributed by atoms with E-state index < -0.39 is 0 Å². The van der Waals surface area contributed by atoms with Crippen LogP contribution in [0.4, 0.5) is 0 Å². The summed E-state index contributed by atoms with van der Waals surface area (Å²) in [4.78, 5) is 2.61. The SMILES string of the molecule is CC1C(CN)CCN1C1CCCOC1. The molecule has 3 unspecified atom stereocenters. The van der Waals surface area contributed by atoms with Crippen LogP contribution in [0.5, 0.6) is 0 Å². The maximum Gasteiger partial charge on any atom is 0.0621 e. The molecule has 2 N–H and O–H groups in total. The molecule has 3 heteroatoms. The van der Waals surface area contributed by atoms with Gasteiger partial charge in [-0.3, -0.25) is 4.90 Å². The first-order valence-electron chi connectivity index (χ1n) is 5.86. The van der Waals surface area contributed by atoms with E-state index in [9.17, 15) is 0 Å². The van der Waals surface area contributed by atoms with Crippen LogP contribution in [0.25, 0.3) is 0 Å². The van der Waals surface area contributed by atoms with Gasteiger partial charge in [-0.2, -0.15) is 0 Å². The molecule has 2 aliphatic rings. The fourth-order valence-corrected chi connectivity index (χ4v) is 2.85. The molecule has 2 rings (SSSR count). The molecule has 2 heterocycles. The molecular weight excluding hydrogens is 176 g/mol. The van der Waals surface area contributed by atoms with Gasteiger partial charge in [0.25, 0.3) is 0 Å².